The summed E-state index contributed by atoms with van der Waals surface area (Å²) in [6.07, 6.45) is -0.0917. The van der Waals surface area contributed by atoms with E-state index in [1.165, 1.54) is 12.1 Å². The van der Waals surface area contributed by atoms with Gasteiger partial charge in [0.2, 0.25) is 0 Å². The number of ketones is 1. The fourth-order valence-corrected chi connectivity index (χ4v) is 3.71. The summed E-state index contributed by atoms with van der Waals surface area (Å²) in [6, 6.07) is 7.86. The highest BCUT2D eigenvalue weighted by Gasteiger charge is 2.23. The zero-order chi connectivity index (χ0) is 22.0. The van der Waals surface area contributed by atoms with Gasteiger partial charge in [0.25, 0.3) is 5.91 Å². The number of amides is 1. The van der Waals surface area contributed by atoms with Crippen molar-refractivity contribution in [3.05, 3.63) is 51.0 Å². The molecule has 2 aromatic rings. The normalized spacial score (nSPS) is 11.8. The molecule has 1 aromatic heterocycles. The third-order valence-corrected chi connectivity index (χ3v) is 5.41. The average molecular weight is 417 g/mol. The van der Waals surface area contributed by atoms with Crippen molar-refractivity contribution in [1.29, 1.82) is 5.26 Å². The van der Waals surface area contributed by atoms with Gasteiger partial charge in [-0.3, -0.25) is 9.59 Å². The van der Waals surface area contributed by atoms with Crippen LogP contribution < -0.4 is 5.32 Å². The molecule has 0 fully saturated rings. The lowest BCUT2D eigenvalue weighted by molar-refractivity contribution is -0.117. The molecule has 154 valence electrons. The molecule has 0 bridgehead atoms. The second-order valence-electron chi connectivity index (χ2n) is 8.56. The minimum atomic E-state index is -0.990. The predicted octanol–water partition coefficient (Wildman–Crippen LogP) is 4.28. The molecule has 0 aliphatic rings. The molecule has 0 unspecified atom stereocenters. The number of nitrogens with zero attached hydrogens (tertiary/aromatic N) is 1. The second kappa shape index (κ2) is 8.34. The molecule has 0 spiro atoms. The predicted molar refractivity (Wildman–Crippen MR) is 111 cm³/mol. The molecule has 7 heteroatoms. The molecule has 29 heavy (non-hydrogen) atoms. The number of phenolic OH excluding ortho intramolecular Hbond substituents is 1. The van der Waals surface area contributed by atoms with Crippen LogP contribution in [-0.4, -0.2) is 22.3 Å². The summed E-state index contributed by atoms with van der Waals surface area (Å²) in [5.74, 6) is -1.16. The monoisotopic (exact) mass is 416 g/mol. The molecule has 1 amide bonds. The number of thiophene rings is 1. The van der Waals surface area contributed by atoms with E-state index in [-0.39, 0.29) is 35.8 Å². The van der Waals surface area contributed by atoms with Crippen LogP contribution in [0.4, 0.5) is 4.39 Å². The Morgan fingerprint density at radius 3 is 2.41 bits per heavy atom. The van der Waals surface area contributed by atoms with Gasteiger partial charge in [0.1, 0.15) is 22.9 Å². The van der Waals surface area contributed by atoms with Crippen molar-refractivity contribution in [1.82, 2.24) is 5.32 Å². The first-order chi connectivity index (χ1) is 13.3. The van der Waals surface area contributed by atoms with Crippen molar-refractivity contribution in [2.75, 3.05) is 0 Å². The van der Waals surface area contributed by atoms with Crippen molar-refractivity contribution >= 4 is 23.0 Å². The fraction of sp³-hybridized carbons (Fsp3) is 0.409. The van der Waals surface area contributed by atoms with Gasteiger partial charge in [0, 0.05) is 23.3 Å². The van der Waals surface area contributed by atoms with Crippen LogP contribution in [-0.2, 0) is 23.1 Å². The molecule has 1 heterocycles. The molecular weight excluding hydrogens is 391 g/mol. The Morgan fingerprint density at radius 2 is 1.83 bits per heavy atom. The number of phenols is 1. The van der Waals surface area contributed by atoms with Gasteiger partial charge in [0.05, 0.1) is 10.9 Å². The minimum Gasteiger partial charge on any atom is -0.508 e. The largest absolute Gasteiger partial charge is 0.508 e. The lowest BCUT2D eigenvalue weighted by Gasteiger charge is -2.21. The van der Waals surface area contributed by atoms with Crippen LogP contribution in [0.3, 0.4) is 0 Å². The number of nitrogens with one attached hydrogen (secondary N) is 1. The van der Waals surface area contributed by atoms with Crippen LogP contribution in [0.15, 0.2) is 24.3 Å². The summed E-state index contributed by atoms with van der Waals surface area (Å²) in [5, 5.41) is 21.8. The van der Waals surface area contributed by atoms with E-state index in [1.807, 2.05) is 26.8 Å². The van der Waals surface area contributed by atoms with Gasteiger partial charge in [-0.2, -0.15) is 5.26 Å². The van der Waals surface area contributed by atoms with Gasteiger partial charge in [-0.25, -0.2) is 4.39 Å². The highest BCUT2D eigenvalue weighted by Crippen LogP contribution is 2.33. The number of Topliss-reactive ketones (excluding diaryl/α,β-unsaturated/α-hetero) is 1. The van der Waals surface area contributed by atoms with Crippen molar-refractivity contribution in [3.8, 4) is 11.8 Å². The molecule has 5 nitrogen and oxygen atoms in total. The van der Waals surface area contributed by atoms with Crippen LogP contribution >= 0.6 is 11.3 Å². The standard InChI is InChI=1S/C22H25FN2O3S/c1-21(2,3)16-11-17(23)13(9-18(16)27)8-14(26)10-15-6-7-19(29-15)20(28)25-22(4,5)12-24/h6-7,9,11,27H,8,10H2,1-5H3,(H,25,28). The van der Waals surface area contributed by atoms with Crippen LogP contribution in [0.1, 0.15) is 60.3 Å². The number of carbonyl (C=O) groups excluding carboxylic acids is 2. The molecule has 2 N–H and O–H groups in total. The maximum absolute atomic E-state index is 14.4. The molecule has 0 atom stereocenters. The first kappa shape index (κ1) is 22.6. The van der Waals surface area contributed by atoms with Crippen molar-refractivity contribution in [2.45, 2.75) is 58.4 Å². The highest BCUT2D eigenvalue weighted by molar-refractivity contribution is 7.14. The number of benzene rings is 1. The van der Waals surface area contributed by atoms with E-state index in [4.69, 9.17) is 5.26 Å². The molecule has 0 radical (unpaired) electrons. The van der Waals surface area contributed by atoms with E-state index in [0.29, 0.717) is 15.3 Å². The Bertz CT molecular complexity index is 981. The van der Waals surface area contributed by atoms with Crippen LogP contribution in [0.2, 0.25) is 0 Å². The SMILES string of the molecule is CC(C)(C#N)NC(=O)c1ccc(CC(=O)Cc2cc(O)c(C(C)(C)C)cc2F)s1. The van der Waals surface area contributed by atoms with Gasteiger partial charge < -0.3 is 10.4 Å². The number of nitriles is 1. The van der Waals surface area contributed by atoms with Crippen LogP contribution in [0, 0.1) is 17.1 Å². The summed E-state index contributed by atoms with van der Waals surface area (Å²) in [7, 11) is 0. The molecule has 0 aliphatic carbocycles. The summed E-state index contributed by atoms with van der Waals surface area (Å²) in [4.78, 5) is 25.7. The van der Waals surface area contributed by atoms with Crippen LogP contribution in [0.25, 0.3) is 0 Å². The molecule has 0 aliphatic heterocycles. The first-order valence-electron chi connectivity index (χ1n) is 9.18. The number of carbonyl (C=O) groups is 2. The van der Waals surface area contributed by atoms with E-state index in [9.17, 15) is 19.1 Å². The van der Waals surface area contributed by atoms with E-state index >= 15 is 0 Å². The molecule has 0 saturated heterocycles. The zero-order valence-corrected chi connectivity index (χ0v) is 18.0. The molecule has 0 saturated carbocycles. The number of rotatable bonds is 6. The summed E-state index contributed by atoms with van der Waals surface area (Å²) in [5.41, 5.74) is -0.775. The smallest absolute Gasteiger partial charge is 0.262 e. The molecule has 1 aromatic carbocycles. The third-order valence-electron chi connectivity index (χ3n) is 4.32. The van der Waals surface area contributed by atoms with Gasteiger partial charge in [-0.05, 0) is 49.1 Å². The average Bonchev–Trinajstić information content (AvgIpc) is 3.05. The van der Waals surface area contributed by atoms with Gasteiger partial charge in [0.15, 0.2) is 0 Å². The van der Waals surface area contributed by atoms with E-state index in [2.05, 4.69) is 5.32 Å². The highest BCUT2D eigenvalue weighted by atomic mass is 32.1. The topological polar surface area (TPSA) is 90.2 Å². The van der Waals surface area contributed by atoms with E-state index < -0.39 is 16.8 Å². The van der Waals surface area contributed by atoms with Crippen molar-refractivity contribution in [3.63, 3.8) is 0 Å². The third kappa shape index (κ3) is 5.88. The van der Waals surface area contributed by atoms with Crippen LogP contribution in [0.5, 0.6) is 5.75 Å². The van der Waals surface area contributed by atoms with E-state index in [1.54, 1.807) is 26.0 Å². The second-order valence-corrected chi connectivity index (χ2v) is 9.73. The first-order valence-corrected chi connectivity index (χ1v) is 10.00. The Morgan fingerprint density at radius 1 is 1.17 bits per heavy atom. The van der Waals surface area contributed by atoms with Gasteiger partial charge in [-0.1, -0.05) is 20.8 Å². The molecular formula is C22H25FN2O3S. The number of hydrogen-bond donors (Lipinski definition) is 2. The Balaban J connectivity index is 2.08. The number of halogens is 1. The maximum Gasteiger partial charge on any atom is 0.262 e. The summed E-state index contributed by atoms with van der Waals surface area (Å²) >= 11 is 1.16. The van der Waals surface area contributed by atoms with Crippen molar-refractivity contribution in [2.24, 2.45) is 0 Å². The lowest BCUT2D eigenvalue weighted by atomic mass is 9.85. The Hall–Kier alpha value is -2.72. The molecule has 2 rings (SSSR count). The fourth-order valence-electron chi connectivity index (χ4n) is 2.78. The Labute approximate surface area is 174 Å². The van der Waals surface area contributed by atoms with Gasteiger partial charge in [-0.15, -0.1) is 11.3 Å². The number of hydrogen-bond acceptors (Lipinski definition) is 5. The zero-order valence-electron chi connectivity index (χ0n) is 17.2. The Kier molecular flexibility index (Phi) is 6.49. The van der Waals surface area contributed by atoms with E-state index in [0.717, 1.165) is 11.3 Å². The minimum absolute atomic E-state index is 0.0307. The van der Waals surface area contributed by atoms with Gasteiger partial charge >= 0.3 is 0 Å². The summed E-state index contributed by atoms with van der Waals surface area (Å²) < 4.78 is 14.4. The maximum atomic E-state index is 14.4. The van der Waals surface area contributed by atoms with Crippen molar-refractivity contribution < 1.29 is 19.1 Å². The number of aromatic hydroxyl groups is 1. The summed E-state index contributed by atoms with van der Waals surface area (Å²) in [6.45, 7) is 8.80. The quantitative estimate of drug-likeness (QED) is 0.736. The lowest BCUT2D eigenvalue weighted by Crippen LogP contribution is -2.41.